The lowest BCUT2D eigenvalue weighted by molar-refractivity contribution is -0.346. The summed E-state index contributed by atoms with van der Waals surface area (Å²) >= 11 is 0. The van der Waals surface area contributed by atoms with Gasteiger partial charge in [-0.3, -0.25) is 0 Å². The normalized spacial score (nSPS) is 12.9. The second kappa shape index (κ2) is 24.1. The summed E-state index contributed by atoms with van der Waals surface area (Å²) in [6.07, 6.45) is 9.89. The third-order valence-corrected chi connectivity index (χ3v) is 8.20. The molecule has 8 heteroatoms. The van der Waals surface area contributed by atoms with Crippen molar-refractivity contribution in [2.75, 3.05) is 13.1 Å². The highest BCUT2D eigenvalue weighted by Gasteiger charge is 2.69. The Bertz CT molecular complexity index is 476. The van der Waals surface area contributed by atoms with Crippen LogP contribution in [0.5, 0.6) is 0 Å². The van der Waals surface area contributed by atoms with Crippen molar-refractivity contribution < 1.29 is 26.3 Å². The summed E-state index contributed by atoms with van der Waals surface area (Å²) in [6, 6.07) is 0. The molecule has 0 fully saturated rings. The van der Waals surface area contributed by atoms with Crippen LogP contribution < -0.4 is 11.5 Å². The van der Waals surface area contributed by atoms with Gasteiger partial charge in [0.1, 0.15) is 0 Å². The fourth-order valence-electron chi connectivity index (χ4n) is 5.53. The van der Waals surface area contributed by atoms with Crippen molar-refractivity contribution in [1.29, 1.82) is 0 Å². The van der Waals surface area contributed by atoms with Gasteiger partial charge in [-0.2, -0.15) is 26.3 Å². The van der Waals surface area contributed by atoms with Gasteiger partial charge < -0.3 is 11.5 Å². The summed E-state index contributed by atoms with van der Waals surface area (Å²) in [7, 11) is 0. The Hall–Kier alpha value is -0.500. The zero-order valence-corrected chi connectivity index (χ0v) is 24.7. The standard InChI is InChI=1S/C31H60F6N2/c32-30(33,34)29(31(35,36)37,25-21-17-13-9-5-1-3-7-11-15-19-23-27-38)26-22-18-14-10-6-2-4-8-12-16-20-24-28-39/h1-28,38-39H2. The van der Waals surface area contributed by atoms with E-state index in [1.54, 1.807) is 0 Å². The smallest absolute Gasteiger partial charge is 0.330 e. The lowest BCUT2D eigenvalue weighted by Crippen LogP contribution is -2.50. The molecule has 0 radical (unpaired) electrons. The summed E-state index contributed by atoms with van der Waals surface area (Å²) in [5, 5.41) is 0. The van der Waals surface area contributed by atoms with Crippen LogP contribution in [0.15, 0.2) is 0 Å². The first-order valence-electron chi connectivity index (χ1n) is 16.2. The van der Waals surface area contributed by atoms with Gasteiger partial charge in [0.2, 0.25) is 0 Å². The lowest BCUT2D eigenvalue weighted by Gasteiger charge is -2.37. The van der Waals surface area contributed by atoms with E-state index in [9.17, 15) is 26.3 Å². The molecule has 0 unspecified atom stereocenters. The van der Waals surface area contributed by atoms with Gasteiger partial charge in [-0.05, 0) is 38.8 Å². The predicted molar refractivity (Wildman–Crippen MR) is 153 cm³/mol. The van der Waals surface area contributed by atoms with Crippen LogP contribution in [0.25, 0.3) is 0 Å². The molecule has 0 amide bonds. The summed E-state index contributed by atoms with van der Waals surface area (Å²) < 4.78 is 83.0. The van der Waals surface area contributed by atoms with E-state index in [-0.39, 0.29) is 12.8 Å². The lowest BCUT2D eigenvalue weighted by atomic mass is 9.76. The zero-order valence-electron chi connectivity index (χ0n) is 24.7. The van der Waals surface area contributed by atoms with Crippen LogP contribution in [-0.2, 0) is 0 Å². The van der Waals surface area contributed by atoms with Crippen LogP contribution in [0.4, 0.5) is 26.3 Å². The first-order valence-corrected chi connectivity index (χ1v) is 16.2. The monoisotopic (exact) mass is 574 g/mol. The van der Waals surface area contributed by atoms with Gasteiger partial charge in [-0.25, -0.2) is 0 Å². The molecule has 0 heterocycles. The number of hydrogen-bond acceptors (Lipinski definition) is 2. The third-order valence-electron chi connectivity index (χ3n) is 8.20. The maximum atomic E-state index is 13.8. The van der Waals surface area contributed by atoms with Crippen molar-refractivity contribution >= 4 is 0 Å². The van der Waals surface area contributed by atoms with Crippen LogP contribution in [0.3, 0.4) is 0 Å². The minimum absolute atomic E-state index is 0.0214. The van der Waals surface area contributed by atoms with E-state index in [2.05, 4.69) is 0 Å². The van der Waals surface area contributed by atoms with Gasteiger partial charge in [-0.1, -0.05) is 141 Å². The number of hydrogen-bond donors (Lipinski definition) is 2. The van der Waals surface area contributed by atoms with Gasteiger partial charge in [0.15, 0.2) is 5.41 Å². The Labute approximate surface area is 235 Å². The van der Waals surface area contributed by atoms with Gasteiger partial charge in [0, 0.05) is 0 Å². The first kappa shape index (κ1) is 38.5. The van der Waals surface area contributed by atoms with Crippen LogP contribution in [0.2, 0.25) is 0 Å². The minimum Gasteiger partial charge on any atom is -0.330 e. The zero-order chi connectivity index (χ0) is 29.3. The van der Waals surface area contributed by atoms with Crippen molar-refractivity contribution in [3.05, 3.63) is 0 Å². The molecule has 39 heavy (non-hydrogen) atoms. The van der Waals surface area contributed by atoms with Crippen molar-refractivity contribution in [2.45, 2.75) is 179 Å². The summed E-state index contributed by atoms with van der Waals surface area (Å²) in [5.74, 6) is 0. The molecule has 0 bridgehead atoms. The average molecular weight is 575 g/mol. The summed E-state index contributed by atoms with van der Waals surface area (Å²) in [4.78, 5) is 0. The molecule has 0 spiro atoms. The summed E-state index contributed by atoms with van der Waals surface area (Å²) in [5.41, 5.74) is 7.39. The highest BCUT2D eigenvalue weighted by Crippen LogP contribution is 2.56. The predicted octanol–water partition coefficient (Wildman–Crippen LogP) is 11.2. The Kier molecular flexibility index (Phi) is 23.8. The average Bonchev–Trinajstić information content (AvgIpc) is 2.86. The molecule has 0 aliphatic rings. The molecule has 2 nitrogen and oxygen atoms in total. The van der Waals surface area contributed by atoms with E-state index in [1.165, 1.54) is 51.4 Å². The fraction of sp³-hybridized carbons (Fsp3) is 1.00. The van der Waals surface area contributed by atoms with Crippen molar-refractivity contribution in [1.82, 2.24) is 0 Å². The molecule has 0 aromatic heterocycles. The van der Waals surface area contributed by atoms with Crippen LogP contribution in [0, 0.1) is 5.41 Å². The van der Waals surface area contributed by atoms with Crippen molar-refractivity contribution in [3.63, 3.8) is 0 Å². The van der Waals surface area contributed by atoms with Gasteiger partial charge in [0.25, 0.3) is 0 Å². The molecular formula is C31H60F6N2. The number of rotatable bonds is 28. The third kappa shape index (κ3) is 19.3. The van der Waals surface area contributed by atoms with Crippen LogP contribution >= 0.6 is 0 Å². The second-order valence-electron chi connectivity index (χ2n) is 11.6. The molecule has 0 rings (SSSR count). The number of nitrogens with two attached hydrogens (primary N) is 2. The summed E-state index contributed by atoms with van der Waals surface area (Å²) in [6.45, 7) is 1.48. The first-order chi connectivity index (χ1) is 18.6. The highest BCUT2D eigenvalue weighted by atomic mass is 19.4. The maximum Gasteiger partial charge on any atom is 0.403 e. The number of halogens is 6. The largest absolute Gasteiger partial charge is 0.403 e. The molecule has 4 N–H and O–H groups in total. The van der Waals surface area contributed by atoms with E-state index < -0.39 is 30.6 Å². The van der Waals surface area contributed by atoms with Gasteiger partial charge in [0.05, 0.1) is 0 Å². The molecule has 0 aliphatic heterocycles. The Morgan fingerprint density at radius 2 is 0.462 bits per heavy atom. The molecule has 236 valence electrons. The van der Waals surface area contributed by atoms with Crippen LogP contribution in [0.1, 0.15) is 167 Å². The van der Waals surface area contributed by atoms with E-state index in [4.69, 9.17) is 11.5 Å². The van der Waals surface area contributed by atoms with E-state index in [0.717, 1.165) is 77.3 Å². The van der Waals surface area contributed by atoms with E-state index >= 15 is 0 Å². The Morgan fingerprint density at radius 1 is 0.282 bits per heavy atom. The van der Waals surface area contributed by atoms with E-state index in [1.807, 2.05) is 0 Å². The second-order valence-corrected chi connectivity index (χ2v) is 11.6. The minimum atomic E-state index is -5.26. The molecule has 0 saturated heterocycles. The van der Waals surface area contributed by atoms with Gasteiger partial charge >= 0.3 is 12.4 Å². The van der Waals surface area contributed by atoms with Crippen molar-refractivity contribution in [2.24, 2.45) is 16.9 Å². The van der Waals surface area contributed by atoms with Gasteiger partial charge in [-0.15, -0.1) is 0 Å². The Balaban J connectivity index is 4.16. The molecule has 0 aromatic carbocycles. The number of alkyl halides is 6. The quantitative estimate of drug-likeness (QED) is 0.0721. The highest BCUT2D eigenvalue weighted by molar-refractivity contribution is 4.93. The molecule has 0 aromatic rings. The van der Waals surface area contributed by atoms with Crippen LogP contribution in [-0.4, -0.2) is 25.4 Å². The fourth-order valence-corrected chi connectivity index (χ4v) is 5.53. The van der Waals surface area contributed by atoms with E-state index in [0.29, 0.717) is 25.7 Å². The SMILES string of the molecule is NCCCCCCCCCCCCCCC(CCCCCCCCCCCCCCN)(C(F)(F)F)C(F)(F)F. The molecule has 0 atom stereocenters. The van der Waals surface area contributed by atoms with Crippen molar-refractivity contribution in [3.8, 4) is 0 Å². The topological polar surface area (TPSA) is 52.0 Å². The Morgan fingerprint density at radius 3 is 0.641 bits per heavy atom. The maximum absolute atomic E-state index is 13.8. The molecule has 0 saturated carbocycles. The molecule has 0 aliphatic carbocycles. The number of unbranched alkanes of at least 4 members (excludes halogenated alkanes) is 22. The molecular weight excluding hydrogens is 514 g/mol.